The van der Waals surface area contributed by atoms with Crippen molar-refractivity contribution in [3.63, 3.8) is 0 Å². The third-order valence-electron chi connectivity index (χ3n) is 7.67. The maximum Gasteiger partial charge on any atom is 0.318 e. The molecule has 1 fully saturated rings. The van der Waals surface area contributed by atoms with Crippen LogP contribution >= 0.6 is 22.9 Å². The van der Waals surface area contributed by atoms with Crippen molar-refractivity contribution in [1.82, 2.24) is 20.1 Å². The molecule has 1 aromatic carbocycles. The van der Waals surface area contributed by atoms with Crippen LogP contribution in [0.25, 0.3) is 0 Å². The summed E-state index contributed by atoms with van der Waals surface area (Å²) in [6.45, 7) is 1.48. The Morgan fingerprint density at radius 1 is 1.20 bits per heavy atom. The number of rotatable bonds is 7. The lowest BCUT2D eigenvalue weighted by Gasteiger charge is -2.28. The van der Waals surface area contributed by atoms with E-state index in [9.17, 15) is 14.4 Å². The summed E-state index contributed by atoms with van der Waals surface area (Å²) in [5, 5.41) is 5.33. The van der Waals surface area contributed by atoms with E-state index in [0.29, 0.717) is 42.2 Å². The van der Waals surface area contributed by atoms with Gasteiger partial charge in [-0.05, 0) is 60.5 Å². The van der Waals surface area contributed by atoms with Crippen LogP contribution in [0.4, 0.5) is 10.5 Å². The third-order valence-corrected chi connectivity index (χ3v) is 8.99. The van der Waals surface area contributed by atoms with Crippen LogP contribution in [-0.2, 0) is 29.0 Å². The van der Waals surface area contributed by atoms with Gasteiger partial charge in [-0.15, -0.1) is 11.3 Å². The minimum atomic E-state index is -0.653. The fraction of sp³-hybridized carbons (Fsp3) is 0.400. The van der Waals surface area contributed by atoms with E-state index >= 15 is 0 Å². The monoisotopic (exact) mass is 595 g/mol. The molecule has 2 aromatic heterocycles. The average molecular weight is 596 g/mol. The molecule has 2 atom stereocenters. The molecule has 0 bridgehead atoms. The lowest BCUT2D eigenvalue weighted by molar-refractivity contribution is -0.134. The summed E-state index contributed by atoms with van der Waals surface area (Å²) in [6, 6.07) is 11.7. The van der Waals surface area contributed by atoms with Gasteiger partial charge in [0.05, 0.1) is 24.0 Å². The Morgan fingerprint density at radius 3 is 2.80 bits per heavy atom. The van der Waals surface area contributed by atoms with Crippen molar-refractivity contribution >= 4 is 46.5 Å². The molecule has 3 aromatic rings. The number of fused-ring (bicyclic) bond motifs is 1. The maximum absolute atomic E-state index is 13.4. The van der Waals surface area contributed by atoms with E-state index < -0.39 is 6.04 Å². The van der Waals surface area contributed by atoms with Crippen molar-refractivity contribution in [1.29, 1.82) is 0 Å². The molecule has 2 aliphatic heterocycles. The number of ether oxygens (including phenoxy) is 1. The highest BCUT2D eigenvalue weighted by molar-refractivity contribution is 7.10. The van der Waals surface area contributed by atoms with Crippen LogP contribution in [-0.4, -0.2) is 72.0 Å². The van der Waals surface area contributed by atoms with Crippen LogP contribution in [0, 0.1) is 0 Å². The number of nitrogens with zero attached hydrogens (tertiary/aromatic N) is 4. The van der Waals surface area contributed by atoms with Gasteiger partial charge in [0, 0.05) is 61.9 Å². The number of benzene rings is 1. The summed E-state index contributed by atoms with van der Waals surface area (Å²) in [5.41, 5.74) is 2.94. The second-order valence-electron chi connectivity index (χ2n) is 10.4. The third kappa shape index (κ3) is 6.55. The number of carbonyl (C=O) groups excluding carboxylic acids is 3. The zero-order chi connectivity index (χ0) is 28.9. The van der Waals surface area contributed by atoms with Gasteiger partial charge in [-0.3, -0.25) is 14.6 Å². The molecule has 2 aliphatic rings. The Bertz CT molecular complexity index is 1400. The second-order valence-corrected chi connectivity index (χ2v) is 11.8. The number of likely N-dealkylation sites (N-methyl/N-ethyl adjacent to an activating group) is 1. The maximum atomic E-state index is 13.4. The first-order chi connectivity index (χ1) is 19.9. The highest BCUT2D eigenvalue weighted by Crippen LogP contribution is 2.32. The summed E-state index contributed by atoms with van der Waals surface area (Å²) in [4.78, 5) is 50.5. The Morgan fingerprint density at radius 2 is 2.05 bits per heavy atom. The number of amides is 4. The quantitative estimate of drug-likeness (QED) is 0.426. The first-order valence-corrected chi connectivity index (χ1v) is 15.0. The molecule has 9 nitrogen and oxygen atoms in total. The SMILES string of the molecule is CO[C@@H]1C[C@@H](C(=O)N(C)Cc2ccccn2)N(C(=O)NCc2ccc(C(=O)N3CCCCc4sccc43)cc2Cl)C1. The van der Waals surface area contributed by atoms with E-state index in [4.69, 9.17) is 16.3 Å². The number of methoxy groups -OCH3 is 1. The van der Waals surface area contributed by atoms with E-state index in [1.54, 1.807) is 54.8 Å². The average Bonchev–Trinajstić information content (AvgIpc) is 3.59. The van der Waals surface area contributed by atoms with Gasteiger partial charge in [0.15, 0.2) is 0 Å². The molecule has 216 valence electrons. The van der Waals surface area contributed by atoms with Gasteiger partial charge in [-0.2, -0.15) is 0 Å². The minimum absolute atomic E-state index is 0.0807. The number of aromatic nitrogens is 1. The first-order valence-electron chi connectivity index (χ1n) is 13.7. The fourth-order valence-corrected chi connectivity index (χ4v) is 6.56. The molecule has 11 heteroatoms. The van der Waals surface area contributed by atoms with Crippen molar-refractivity contribution in [3.05, 3.63) is 80.8 Å². The van der Waals surface area contributed by atoms with Crippen LogP contribution in [0.1, 0.15) is 45.8 Å². The van der Waals surface area contributed by atoms with Gasteiger partial charge in [0.2, 0.25) is 5.91 Å². The Hall–Kier alpha value is -3.47. The second kappa shape index (κ2) is 13.0. The van der Waals surface area contributed by atoms with Gasteiger partial charge in [-0.1, -0.05) is 23.7 Å². The number of hydrogen-bond acceptors (Lipinski definition) is 6. The predicted molar refractivity (Wildman–Crippen MR) is 159 cm³/mol. The van der Waals surface area contributed by atoms with Crippen LogP contribution in [0.15, 0.2) is 54.0 Å². The fourth-order valence-electron chi connectivity index (χ4n) is 5.39. The van der Waals surface area contributed by atoms with Crippen molar-refractivity contribution < 1.29 is 19.1 Å². The van der Waals surface area contributed by atoms with Gasteiger partial charge in [-0.25, -0.2) is 4.79 Å². The summed E-state index contributed by atoms with van der Waals surface area (Å²) >= 11 is 8.28. The van der Waals surface area contributed by atoms with Crippen LogP contribution < -0.4 is 10.2 Å². The highest BCUT2D eigenvalue weighted by Gasteiger charge is 2.41. The molecular formula is C30H34ClN5O4S. The summed E-state index contributed by atoms with van der Waals surface area (Å²) < 4.78 is 5.50. The number of pyridine rings is 1. The molecule has 0 aliphatic carbocycles. The number of likely N-dealkylation sites (tertiary alicyclic amines) is 1. The molecule has 0 spiro atoms. The molecule has 4 heterocycles. The number of hydrogen-bond donors (Lipinski definition) is 1. The van der Waals surface area contributed by atoms with Gasteiger partial charge in [0.1, 0.15) is 6.04 Å². The predicted octanol–water partition coefficient (Wildman–Crippen LogP) is 4.74. The Balaban J connectivity index is 1.23. The van der Waals surface area contributed by atoms with Crippen LogP contribution in [0.3, 0.4) is 0 Å². The number of aryl methyl sites for hydroxylation is 1. The van der Waals surface area contributed by atoms with Gasteiger partial charge < -0.3 is 24.8 Å². The molecule has 1 saturated heterocycles. The summed E-state index contributed by atoms with van der Waals surface area (Å²) in [6.07, 6.45) is 4.86. The standard InChI is InChI=1S/C30H34ClN5O4S/c1-34(18-22-7-3-5-12-32-22)29(38)26-16-23(40-2)19-36(26)30(39)33-17-21-10-9-20(15-24(21)31)28(37)35-13-6-4-8-27-25(35)11-14-41-27/h3,5,7,9-12,14-15,23,26H,4,6,8,13,16-19H2,1-2H3,(H,33,39)/t23-,26+/m1/s1. The summed E-state index contributed by atoms with van der Waals surface area (Å²) in [5.74, 6) is -0.253. The van der Waals surface area contributed by atoms with E-state index in [1.165, 1.54) is 9.78 Å². The van der Waals surface area contributed by atoms with Crippen LogP contribution in [0.2, 0.25) is 5.02 Å². The molecule has 41 heavy (non-hydrogen) atoms. The number of nitrogens with one attached hydrogen (secondary N) is 1. The van der Waals surface area contributed by atoms with Crippen LogP contribution in [0.5, 0.6) is 0 Å². The topological polar surface area (TPSA) is 95.1 Å². The van der Waals surface area contributed by atoms with E-state index in [0.717, 1.165) is 30.6 Å². The number of halogens is 1. The van der Waals surface area contributed by atoms with Crippen molar-refractivity contribution in [2.24, 2.45) is 0 Å². The number of thiophene rings is 1. The van der Waals surface area contributed by atoms with Crippen molar-refractivity contribution in [3.8, 4) is 0 Å². The lowest BCUT2D eigenvalue weighted by atomic mass is 10.1. The van der Waals surface area contributed by atoms with Gasteiger partial charge in [0.25, 0.3) is 5.91 Å². The Labute approximate surface area is 249 Å². The molecule has 4 amide bonds. The molecule has 5 rings (SSSR count). The minimum Gasteiger partial charge on any atom is -0.380 e. The van der Waals surface area contributed by atoms with E-state index in [2.05, 4.69) is 10.3 Å². The number of anilines is 1. The lowest BCUT2D eigenvalue weighted by Crippen LogP contribution is -2.49. The zero-order valence-electron chi connectivity index (χ0n) is 23.2. The van der Waals surface area contributed by atoms with Crippen molar-refractivity contribution in [2.45, 2.75) is 50.9 Å². The van der Waals surface area contributed by atoms with E-state index in [1.807, 2.05) is 34.5 Å². The first kappa shape index (κ1) is 29.0. The van der Waals surface area contributed by atoms with Gasteiger partial charge >= 0.3 is 6.03 Å². The zero-order valence-corrected chi connectivity index (χ0v) is 24.8. The molecular weight excluding hydrogens is 562 g/mol. The summed E-state index contributed by atoms with van der Waals surface area (Å²) in [7, 11) is 3.29. The van der Waals surface area contributed by atoms with Crippen molar-refractivity contribution in [2.75, 3.05) is 32.1 Å². The smallest absolute Gasteiger partial charge is 0.318 e. The number of urea groups is 1. The molecule has 0 saturated carbocycles. The highest BCUT2D eigenvalue weighted by atomic mass is 35.5. The Kier molecular flexibility index (Phi) is 9.22. The van der Waals surface area contributed by atoms with E-state index in [-0.39, 0.29) is 30.5 Å². The largest absolute Gasteiger partial charge is 0.380 e. The molecule has 0 unspecified atom stereocenters. The normalized spacial score (nSPS) is 18.5. The molecule has 0 radical (unpaired) electrons. The molecule has 1 N–H and O–H groups in total. The number of carbonyl (C=O) groups is 3.